The van der Waals surface area contributed by atoms with Crippen LogP contribution in [-0.4, -0.2) is 23.3 Å². The van der Waals surface area contributed by atoms with E-state index in [1.807, 2.05) is 6.92 Å². The first-order chi connectivity index (χ1) is 4.27. The third-order valence-corrected chi connectivity index (χ3v) is 2.96. The van der Waals surface area contributed by atoms with Gasteiger partial charge in [0, 0.05) is 18.2 Å². The van der Waals surface area contributed by atoms with Gasteiger partial charge in [-0.05, 0) is 0 Å². The summed E-state index contributed by atoms with van der Waals surface area (Å²) < 4.78 is 0. The van der Waals surface area contributed by atoms with Gasteiger partial charge in [-0.3, -0.25) is 4.79 Å². The average Bonchev–Trinajstić information content (AvgIpc) is 2.39. The zero-order valence-electron chi connectivity index (χ0n) is 5.46. The molecule has 0 amide bonds. The Kier molecular flexibility index (Phi) is 2.13. The molecule has 0 aliphatic heterocycles. The van der Waals surface area contributed by atoms with Crippen LogP contribution in [0, 0.1) is 5.92 Å². The van der Waals surface area contributed by atoms with Crippen molar-refractivity contribution in [1.29, 1.82) is 0 Å². The normalized spacial score (nSPS) is 32.9. The molecule has 2 nitrogen and oxygen atoms in total. The van der Waals surface area contributed by atoms with Gasteiger partial charge in [-0.25, -0.2) is 0 Å². The van der Waals surface area contributed by atoms with Gasteiger partial charge in [0.1, 0.15) is 0 Å². The zero-order chi connectivity index (χ0) is 6.85. The first kappa shape index (κ1) is 7.09. The Balaban J connectivity index is 2.11. The van der Waals surface area contributed by atoms with E-state index in [-0.39, 0.29) is 5.25 Å². The third kappa shape index (κ3) is 1.46. The summed E-state index contributed by atoms with van der Waals surface area (Å²) >= 11 is 1.68. The zero-order valence-corrected chi connectivity index (χ0v) is 6.28. The van der Waals surface area contributed by atoms with Gasteiger partial charge in [-0.2, -0.15) is 0 Å². The van der Waals surface area contributed by atoms with Crippen LogP contribution in [0.1, 0.15) is 6.92 Å². The van der Waals surface area contributed by atoms with E-state index < -0.39 is 0 Å². The number of nitrogens with two attached hydrogens (primary N) is 1. The maximum Gasteiger partial charge on any atom is 0.150 e. The summed E-state index contributed by atoms with van der Waals surface area (Å²) in [7, 11) is 0. The quantitative estimate of drug-likeness (QED) is 0.619. The molecule has 2 atom stereocenters. The summed E-state index contributed by atoms with van der Waals surface area (Å²) in [5.41, 5.74) is 5.26. The number of hydrogen-bond donors (Lipinski definition) is 1. The number of hydrogen-bond acceptors (Lipinski definition) is 3. The topological polar surface area (TPSA) is 43.1 Å². The first-order valence-corrected chi connectivity index (χ1v) is 4.17. The van der Waals surface area contributed by atoms with Crippen LogP contribution in [0.5, 0.6) is 0 Å². The molecule has 2 N–H and O–H groups in total. The molecule has 1 aliphatic carbocycles. The minimum absolute atomic E-state index is 0.286. The highest BCUT2D eigenvalue weighted by molar-refractivity contribution is 8.01. The van der Waals surface area contributed by atoms with Crippen LogP contribution in [-0.2, 0) is 4.79 Å². The Hall–Kier alpha value is -0.0200. The second-order valence-corrected chi connectivity index (χ2v) is 3.52. The van der Waals surface area contributed by atoms with Gasteiger partial charge in [-0.1, -0.05) is 6.92 Å². The lowest BCUT2D eigenvalue weighted by atomic mass is 10.5. The number of rotatable bonds is 3. The predicted molar refractivity (Wildman–Crippen MR) is 39.5 cm³/mol. The fourth-order valence-electron chi connectivity index (χ4n) is 0.755. The van der Waals surface area contributed by atoms with Gasteiger partial charge in [0.15, 0.2) is 5.78 Å². The van der Waals surface area contributed by atoms with E-state index in [9.17, 15) is 4.79 Å². The fraction of sp³-hybridized carbons (Fsp3) is 0.833. The molecular weight excluding hydrogens is 134 g/mol. The van der Waals surface area contributed by atoms with E-state index in [2.05, 4.69) is 0 Å². The Morgan fingerprint density at radius 3 is 2.67 bits per heavy atom. The molecule has 52 valence electrons. The van der Waals surface area contributed by atoms with E-state index in [1.165, 1.54) is 0 Å². The second kappa shape index (κ2) is 2.71. The van der Waals surface area contributed by atoms with Crippen LogP contribution in [0.2, 0.25) is 0 Å². The summed E-state index contributed by atoms with van der Waals surface area (Å²) in [5.74, 6) is 1.62. The van der Waals surface area contributed by atoms with Gasteiger partial charge in [0.2, 0.25) is 0 Å². The molecule has 1 aliphatic rings. The van der Waals surface area contributed by atoms with Crippen LogP contribution >= 0.6 is 11.8 Å². The number of carbonyl (C=O) groups is 1. The molecule has 9 heavy (non-hydrogen) atoms. The van der Waals surface area contributed by atoms with Crippen molar-refractivity contribution >= 4 is 17.5 Å². The van der Waals surface area contributed by atoms with Crippen LogP contribution in [0.25, 0.3) is 0 Å². The van der Waals surface area contributed by atoms with E-state index in [0.717, 1.165) is 5.75 Å². The average molecular weight is 145 g/mol. The lowest BCUT2D eigenvalue weighted by molar-refractivity contribution is -0.110. The summed E-state index contributed by atoms with van der Waals surface area (Å²) in [6.45, 7) is 2.65. The molecule has 0 unspecified atom stereocenters. The number of thioether (sulfide) groups is 1. The highest BCUT2D eigenvalue weighted by Crippen LogP contribution is 2.36. The number of ketones is 1. The molecule has 0 aromatic heterocycles. The summed E-state index contributed by atoms with van der Waals surface area (Å²) in [5, 5.41) is 0.286. The third-order valence-electron chi connectivity index (χ3n) is 1.49. The predicted octanol–water partition coefficient (Wildman–Crippen LogP) is 0.266. The lowest BCUT2D eigenvalue weighted by Crippen LogP contribution is -2.02. The molecular formula is C6H11NOS. The minimum atomic E-state index is 0.286. The van der Waals surface area contributed by atoms with Crippen LogP contribution in [0.4, 0.5) is 0 Å². The molecule has 0 heterocycles. The molecule has 3 heteroatoms. The first-order valence-electron chi connectivity index (χ1n) is 3.12. The molecule has 0 aromatic carbocycles. The van der Waals surface area contributed by atoms with Crippen LogP contribution < -0.4 is 5.73 Å². The standard InChI is InChI=1S/C6H11NOS/c1-4-5(8)6(4)9-3-2-7/h4,6H,2-3,7H2,1H3/t4-,6+/m1/s1. The van der Waals surface area contributed by atoms with Gasteiger partial charge >= 0.3 is 0 Å². The summed E-state index contributed by atoms with van der Waals surface area (Å²) in [6, 6.07) is 0. The summed E-state index contributed by atoms with van der Waals surface area (Å²) in [4.78, 5) is 10.7. The second-order valence-electron chi connectivity index (χ2n) is 2.27. The van der Waals surface area contributed by atoms with Gasteiger partial charge in [0.25, 0.3) is 0 Å². The van der Waals surface area contributed by atoms with Gasteiger partial charge < -0.3 is 5.73 Å². The van der Waals surface area contributed by atoms with Gasteiger partial charge in [0.05, 0.1) is 5.25 Å². The smallest absolute Gasteiger partial charge is 0.150 e. The molecule has 0 spiro atoms. The lowest BCUT2D eigenvalue weighted by Gasteiger charge is -1.90. The van der Waals surface area contributed by atoms with Crippen LogP contribution in [0.3, 0.4) is 0 Å². The van der Waals surface area contributed by atoms with E-state index >= 15 is 0 Å². The highest BCUT2D eigenvalue weighted by Gasteiger charge is 2.45. The fourth-order valence-corrected chi connectivity index (χ4v) is 1.87. The van der Waals surface area contributed by atoms with Gasteiger partial charge in [-0.15, -0.1) is 11.8 Å². The molecule has 1 saturated carbocycles. The SMILES string of the molecule is C[C@@H]1C(=O)[C@H]1SCCN. The molecule has 1 fully saturated rings. The molecule has 0 bridgehead atoms. The Bertz CT molecular complexity index is 126. The minimum Gasteiger partial charge on any atom is -0.330 e. The number of carbonyl (C=O) groups excluding carboxylic acids is 1. The van der Waals surface area contributed by atoms with E-state index in [4.69, 9.17) is 5.73 Å². The van der Waals surface area contributed by atoms with Crippen molar-refractivity contribution in [2.75, 3.05) is 12.3 Å². The number of Topliss-reactive ketones (excluding diaryl/α,β-unsaturated/α-hetero) is 1. The maximum atomic E-state index is 10.7. The monoisotopic (exact) mass is 145 g/mol. The van der Waals surface area contributed by atoms with E-state index in [1.54, 1.807) is 11.8 Å². The highest BCUT2D eigenvalue weighted by atomic mass is 32.2. The van der Waals surface area contributed by atoms with Crippen molar-refractivity contribution in [3.63, 3.8) is 0 Å². The van der Waals surface area contributed by atoms with Crippen molar-refractivity contribution in [2.24, 2.45) is 11.7 Å². The molecule has 0 aromatic rings. The van der Waals surface area contributed by atoms with Crippen molar-refractivity contribution in [1.82, 2.24) is 0 Å². The van der Waals surface area contributed by atoms with E-state index in [0.29, 0.717) is 18.2 Å². The van der Waals surface area contributed by atoms with Crippen LogP contribution in [0.15, 0.2) is 0 Å². The summed E-state index contributed by atoms with van der Waals surface area (Å²) in [6.07, 6.45) is 0. The Morgan fingerprint density at radius 2 is 2.33 bits per heavy atom. The molecule has 0 radical (unpaired) electrons. The van der Waals surface area contributed by atoms with Crippen molar-refractivity contribution in [3.8, 4) is 0 Å². The van der Waals surface area contributed by atoms with Crippen molar-refractivity contribution < 1.29 is 4.79 Å². The molecule has 0 saturated heterocycles. The Labute approximate surface area is 59.2 Å². The van der Waals surface area contributed by atoms with Crippen molar-refractivity contribution in [2.45, 2.75) is 12.2 Å². The Morgan fingerprint density at radius 1 is 1.78 bits per heavy atom. The maximum absolute atomic E-state index is 10.7. The molecule has 1 rings (SSSR count). The largest absolute Gasteiger partial charge is 0.330 e. The van der Waals surface area contributed by atoms with Crippen molar-refractivity contribution in [3.05, 3.63) is 0 Å².